The van der Waals surface area contributed by atoms with Crippen LogP contribution in [0, 0.1) is 6.92 Å². The maximum absolute atomic E-state index is 11.7. The number of ether oxygens (including phenoxy) is 1. The van der Waals surface area contributed by atoms with Crippen molar-refractivity contribution in [3.8, 4) is 0 Å². The van der Waals surface area contributed by atoms with Crippen LogP contribution in [0.25, 0.3) is 0 Å². The van der Waals surface area contributed by atoms with Crippen molar-refractivity contribution >= 4 is 23.4 Å². The van der Waals surface area contributed by atoms with Gasteiger partial charge in [-0.1, -0.05) is 18.2 Å². The van der Waals surface area contributed by atoms with E-state index in [0.29, 0.717) is 5.69 Å². The molecule has 7 nitrogen and oxygen atoms in total. The van der Waals surface area contributed by atoms with Crippen molar-refractivity contribution in [2.24, 2.45) is 0 Å². The molecule has 0 saturated heterocycles. The Labute approximate surface area is 121 Å². The molecule has 0 fully saturated rings. The van der Waals surface area contributed by atoms with Crippen LogP contribution in [0.1, 0.15) is 16.1 Å². The van der Waals surface area contributed by atoms with Crippen LogP contribution in [-0.2, 0) is 9.53 Å². The van der Waals surface area contributed by atoms with Crippen LogP contribution in [0.15, 0.2) is 36.7 Å². The summed E-state index contributed by atoms with van der Waals surface area (Å²) in [5.41, 5.74) is 6.96. The highest BCUT2D eigenvalue weighted by Crippen LogP contribution is 2.13. The van der Waals surface area contributed by atoms with Gasteiger partial charge in [-0.3, -0.25) is 4.79 Å². The number of nitrogens with two attached hydrogens (primary N) is 1. The van der Waals surface area contributed by atoms with Gasteiger partial charge in [0.1, 0.15) is 0 Å². The molecular weight excluding hydrogens is 272 g/mol. The van der Waals surface area contributed by atoms with Gasteiger partial charge in [0.05, 0.1) is 0 Å². The Kier molecular flexibility index (Phi) is 4.45. The summed E-state index contributed by atoms with van der Waals surface area (Å²) in [7, 11) is 0. The molecule has 0 aliphatic rings. The Morgan fingerprint density at radius 2 is 1.95 bits per heavy atom. The largest absolute Gasteiger partial charge is 0.451 e. The quantitative estimate of drug-likeness (QED) is 0.817. The lowest BCUT2D eigenvalue weighted by Crippen LogP contribution is -2.22. The minimum Gasteiger partial charge on any atom is -0.451 e. The molecule has 2 aromatic rings. The number of benzene rings is 1. The molecule has 108 valence electrons. The number of anilines is 2. The summed E-state index contributed by atoms with van der Waals surface area (Å²) in [4.78, 5) is 30.9. The van der Waals surface area contributed by atoms with E-state index in [1.807, 2.05) is 19.1 Å². The number of para-hydroxylation sites is 1. The third kappa shape index (κ3) is 3.75. The van der Waals surface area contributed by atoms with Crippen LogP contribution in [0.3, 0.4) is 0 Å². The fourth-order valence-corrected chi connectivity index (χ4v) is 1.60. The standard InChI is InChI=1S/C14H14N4O3/c1-9-4-2-3-5-10(9)18-11(19)8-21-14(20)12-13(15)17-7-6-16-12/h2-7H,8H2,1H3,(H2,15,17)(H,18,19). The van der Waals surface area contributed by atoms with Crippen molar-refractivity contribution in [2.45, 2.75) is 6.92 Å². The molecule has 21 heavy (non-hydrogen) atoms. The van der Waals surface area contributed by atoms with Gasteiger partial charge in [0.2, 0.25) is 0 Å². The van der Waals surface area contributed by atoms with Crippen molar-refractivity contribution in [1.82, 2.24) is 9.97 Å². The first kappa shape index (κ1) is 14.4. The van der Waals surface area contributed by atoms with Gasteiger partial charge in [0.15, 0.2) is 18.1 Å². The van der Waals surface area contributed by atoms with Gasteiger partial charge in [0, 0.05) is 18.1 Å². The predicted octanol–water partition coefficient (Wildman–Crippen LogP) is 1.16. The number of amides is 1. The number of nitrogen functional groups attached to an aromatic ring is 1. The number of aryl methyl sites for hydroxylation is 1. The van der Waals surface area contributed by atoms with Crippen molar-refractivity contribution in [2.75, 3.05) is 17.7 Å². The van der Waals surface area contributed by atoms with E-state index in [2.05, 4.69) is 15.3 Å². The number of esters is 1. The molecule has 0 spiro atoms. The number of rotatable bonds is 4. The number of hydrogen-bond donors (Lipinski definition) is 2. The maximum atomic E-state index is 11.7. The molecule has 0 bridgehead atoms. The molecule has 0 radical (unpaired) electrons. The minimum atomic E-state index is -0.791. The number of carbonyl (C=O) groups excluding carboxylic acids is 2. The highest BCUT2D eigenvalue weighted by atomic mass is 16.5. The first-order chi connectivity index (χ1) is 10.1. The van der Waals surface area contributed by atoms with E-state index in [4.69, 9.17) is 10.5 Å². The second-order valence-electron chi connectivity index (χ2n) is 4.23. The van der Waals surface area contributed by atoms with E-state index in [0.717, 1.165) is 5.56 Å². The third-order valence-electron chi connectivity index (χ3n) is 2.67. The van der Waals surface area contributed by atoms with Gasteiger partial charge in [-0.15, -0.1) is 0 Å². The molecular formula is C14H14N4O3. The van der Waals surface area contributed by atoms with E-state index in [9.17, 15) is 9.59 Å². The third-order valence-corrected chi connectivity index (χ3v) is 2.67. The highest BCUT2D eigenvalue weighted by Gasteiger charge is 2.15. The summed E-state index contributed by atoms with van der Waals surface area (Å²) in [5.74, 6) is -1.28. The number of hydrogen-bond acceptors (Lipinski definition) is 6. The van der Waals surface area contributed by atoms with E-state index in [1.165, 1.54) is 12.4 Å². The average Bonchev–Trinajstić information content (AvgIpc) is 2.48. The Balaban J connectivity index is 1.91. The van der Waals surface area contributed by atoms with Gasteiger partial charge >= 0.3 is 5.97 Å². The highest BCUT2D eigenvalue weighted by molar-refractivity contribution is 5.96. The first-order valence-electron chi connectivity index (χ1n) is 6.17. The summed E-state index contributed by atoms with van der Waals surface area (Å²) in [6.07, 6.45) is 2.68. The van der Waals surface area contributed by atoms with Crippen LogP contribution in [0.4, 0.5) is 11.5 Å². The molecule has 1 heterocycles. The van der Waals surface area contributed by atoms with Crippen molar-refractivity contribution in [1.29, 1.82) is 0 Å². The lowest BCUT2D eigenvalue weighted by molar-refractivity contribution is -0.119. The van der Waals surface area contributed by atoms with Crippen LogP contribution < -0.4 is 11.1 Å². The molecule has 0 atom stereocenters. The Morgan fingerprint density at radius 3 is 2.67 bits per heavy atom. The summed E-state index contributed by atoms with van der Waals surface area (Å²) in [5, 5.41) is 2.65. The van der Waals surface area contributed by atoms with Crippen molar-refractivity contribution in [3.63, 3.8) is 0 Å². The second-order valence-corrected chi connectivity index (χ2v) is 4.23. The molecule has 1 aromatic heterocycles. The summed E-state index contributed by atoms with van der Waals surface area (Å²) in [6, 6.07) is 7.29. The fourth-order valence-electron chi connectivity index (χ4n) is 1.60. The van der Waals surface area contributed by atoms with Crippen molar-refractivity contribution < 1.29 is 14.3 Å². The SMILES string of the molecule is Cc1ccccc1NC(=O)COC(=O)c1nccnc1N. The Bertz CT molecular complexity index is 673. The summed E-state index contributed by atoms with van der Waals surface area (Å²) < 4.78 is 4.85. The number of carbonyl (C=O) groups is 2. The molecule has 0 aliphatic carbocycles. The molecule has 1 amide bonds. The van der Waals surface area contributed by atoms with Gasteiger partial charge in [-0.2, -0.15) is 0 Å². The van der Waals surface area contributed by atoms with Crippen LogP contribution >= 0.6 is 0 Å². The van der Waals surface area contributed by atoms with E-state index < -0.39 is 18.5 Å². The van der Waals surface area contributed by atoms with Gasteiger partial charge in [-0.05, 0) is 18.6 Å². The zero-order valence-electron chi connectivity index (χ0n) is 11.4. The lowest BCUT2D eigenvalue weighted by Gasteiger charge is -2.08. The Hall–Kier alpha value is -2.96. The van der Waals surface area contributed by atoms with Crippen LogP contribution in [0.5, 0.6) is 0 Å². The second kappa shape index (κ2) is 6.47. The number of nitrogens with one attached hydrogen (secondary N) is 1. The number of nitrogens with zero attached hydrogens (tertiary/aromatic N) is 2. The van der Waals surface area contributed by atoms with E-state index in [-0.39, 0.29) is 11.5 Å². The molecule has 0 aliphatic heterocycles. The van der Waals surface area contributed by atoms with Crippen molar-refractivity contribution in [3.05, 3.63) is 47.9 Å². The Morgan fingerprint density at radius 1 is 1.24 bits per heavy atom. The average molecular weight is 286 g/mol. The predicted molar refractivity (Wildman–Crippen MR) is 76.5 cm³/mol. The molecule has 0 unspecified atom stereocenters. The zero-order valence-corrected chi connectivity index (χ0v) is 11.4. The normalized spacial score (nSPS) is 9.95. The van der Waals surface area contributed by atoms with E-state index >= 15 is 0 Å². The topological polar surface area (TPSA) is 107 Å². The first-order valence-corrected chi connectivity index (χ1v) is 6.17. The maximum Gasteiger partial charge on any atom is 0.361 e. The van der Waals surface area contributed by atoms with Gasteiger partial charge < -0.3 is 15.8 Å². The molecule has 1 aromatic carbocycles. The van der Waals surface area contributed by atoms with Gasteiger partial charge in [0.25, 0.3) is 5.91 Å². The monoisotopic (exact) mass is 286 g/mol. The van der Waals surface area contributed by atoms with E-state index in [1.54, 1.807) is 12.1 Å². The molecule has 0 saturated carbocycles. The molecule has 2 rings (SSSR count). The summed E-state index contributed by atoms with van der Waals surface area (Å²) >= 11 is 0. The number of aromatic nitrogens is 2. The minimum absolute atomic E-state index is 0.0400. The van der Waals surface area contributed by atoms with Crippen LogP contribution in [-0.4, -0.2) is 28.5 Å². The zero-order chi connectivity index (χ0) is 15.2. The van der Waals surface area contributed by atoms with Crippen LogP contribution in [0.2, 0.25) is 0 Å². The summed E-state index contributed by atoms with van der Waals surface area (Å²) in [6.45, 7) is 1.44. The lowest BCUT2D eigenvalue weighted by atomic mass is 10.2. The fraction of sp³-hybridized carbons (Fsp3) is 0.143. The smallest absolute Gasteiger partial charge is 0.361 e. The molecule has 3 N–H and O–H groups in total. The molecule has 7 heteroatoms. The van der Waals surface area contributed by atoms with Gasteiger partial charge in [-0.25, -0.2) is 14.8 Å².